The summed E-state index contributed by atoms with van der Waals surface area (Å²) in [4.78, 5) is 12.6. The average molecular weight is 551 g/mol. The number of para-hydroxylation sites is 2. The molecule has 0 aliphatic rings. The van der Waals surface area contributed by atoms with E-state index >= 15 is 0 Å². The first-order chi connectivity index (χ1) is 19.2. The van der Waals surface area contributed by atoms with Crippen LogP contribution < -0.4 is 19.9 Å². The van der Waals surface area contributed by atoms with Gasteiger partial charge < -0.3 is 15.4 Å². The molecule has 0 aliphatic heterocycles. The van der Waals surface area contributed by atoms with Crippen molar-refractivity contribution in [2.75, 3.05) is 17.2 Å². The Kier molecular flexibility index (Phi) is 15.1. The van der Waals surface area contributed by atoms with Crippen LogP contribution in [0.3, 0.4) is 0 Å². The zero-order chi connectivity index (χ0) is 27.4. The minimum absolute atomic E-state index is 0.275. The number of nitrogens with one attached hydrogen (secondary N) is 2. The van der Waals surface area contributed by atoms with Gasteiger partial charge in [0, 0.05) is 11.3 Å². The third-order valence-electron chi connectivity index (χ3n) is 6.99. The lowest BCUT2D eigenvalue weighted by Gasteiger charge is -2.13. The van der Waals surface area contributed by atoms with Gasteiger partial charge in [-0.15, -0.1) is 0 Å². The SMILES string of the molecule is CCCCCCCCCCCCCCCCOc1ccccc1NC(=O)Nc1ccc(C[n+]2ccsc2)cc1. The third kappa shape index (κ3) is 13.2. The van der Waals surface area contributed by atoms with Crippen molar-refractivity contribution in [2.45, 2.75) is 103 Å². The minimum atomic E-state index is -0.275. The summed E-state index contributed by atoms with van der Waals surface area (Å²) in [6, 6.07) is 15.3. The molecule has 1 heterocycles. The molecule has 0 radical (unpaired) electrons. The Morgan fingerprint density at radius 2 is 1.38 bits per heavy atom. The van der Waals surface area contributed by atoms with Gasteiger partial charge in [-0.25, -0.2) is 4.79 Å². The van der Waals surface area contributed by atoms with Crippen molar-refractivity contribution in [3.63, 3.8) is 0 Å². The number of anilines is 2. The maximum atomic E-state index is 12.6. The molecule has 212 valence electrons. The van der Waals surface area contributed by atoms with Crippen molar-refractivity contribution in [3.05, 3.63) is 71.2 Å². The van der Waals surface area contributed by atoms with Crippen LogP contribution in [0.4, 0.5) is 16.2 Å². The number of carbonyl (C=O) groups is 1. The number of thiazole rings is 1. The van der Waals surface area contributed by atoms with Crippen LogP contribution in [-0.2, 0) is 6.54 Å². The zero-order valence-corrected chi connectivity index (χ0v) is 24.7. The number of hydrogen-bond acceptors (Lipinski definition) is 3. The fourth-order valence-corrected chi connectivity index (χ4v) is 5.31. The molecule has 2 amide bonds. The van der Waals surface area contributed by atoms with E-state index in [0.717, 1.165) is 18.7 Å². The van der Waals surface area contributed by atoms with E-state index in [-0.39, 0.29) is 6.03 Å². The van der Waals surface area contributed by atoms with Crippen molar-refractivity contribution in [3.8, 4) is 5.75 Å². The molecule has 0 aliphatic carbocycles. The molecular weight excluding hydrogens is 502 g/mol. The van der Waals surface area contributed by atoms with Gasteiger partial charge in [0.2, 0.25) is 5.51 Å². The Morgan fingerprint density at radius 3 is 2.00 bits per heavy atom. The van der Waals surface area contributed by atoms with Crippen LogP contribution in [0.2, 0.25) is 0 Å². The Morgan fingerprint density at radius 1 is 0.769 bits per heavy atom. The lowest BCUT2D eigenvalue weighted by Crippen LogP contribution is -2.30. The lowest BCUT2D eigenvalue weighted by atomic mass is 10.0. The first kappa shape index (κ1) is 30.7. The summed E-state index contributed by atoms with van der Waals surface area (Å²) in [5, 5.41) is 7.91. The molecule has 2 N–H and O–H groups in total. The Bertz CT molecular complexity index is 1040. The van der Waals surface area contributed by atoms with Gasteiger partial charge in [-0.2, -0.15) is 4.57 Å². The molecule has 3 rings (SSSR count). The molecule has 2 aromatic carbocycles. The topological polar surface area (TPSA) is 54.2 Å². The van der Waals surface area contributed by atoms with Crippen molar-refractivity contribution in [2.24, 2.45) is 0 Å². The van der Waals surface area contributed by atoms with E-state index in [9.17, 15) is 4.79 Å². The summed E-state index contributed by atoms with van der Waals surface area (Å²) in [5.74, 6) is 0.713. The van der Waals surface area contributed by atoms with Gasteiger partial charge in [0.05, 0.1) is 17.7 Å². The summed E-state index contributed by atoms with van der Waals surface area (Å²) in [6.45, 7) is 3.77. The van der Waals surface area contributed by atoms with Crippen molar-refractivity contribution in [1.82, 2.24) is 0 Å². The van der Waals surface area contributed by atoms with E-state index in [0.29, 0.717) is 18.0 Å². The minimum Gasteiger partial charge on any atom is -0.491 e. The highest BCUT2D eigenvalue weighted by atomic mass is 32.1. The molecular formula is C33H48N3O2S+. The number of aromatic nitrogens is 1. The smallest absolute Gasteiger partial charge is 0.323 e. The molecule has 1 aromatic heterocycles. The Labute approximate surface area is 240 Å². The maximum absolute atomic E-state index is 12.6. The predicted molar refractivity (Wildman–Crippen MR) is 165 cm³/mol. The first-order valence-electron chi connectivity index (χ1n) is 15.0. The molecule has 39 heavy (non-hydrogen) atoms. The quantitative estimate of drug-likeness (QED) is 0.109. The number of carbonyl (C=O) groups excluding carboxylic acids is 1. The fourth-order valence-electron chi connectivity index (χ4n) is 4.72. The van der Waals surface area contributed by atoms with Gasteiger partial charge in [0.25, 0.3) is 0 Å². The number of urea groups is 1. The number of benzene rings is 2. The van der Waals surface area contributed by atoms with Gasteiger partial charge in [-0.05, 0) is 30.7 Å². The number of ether oxygens (including phenoxy) is 1. The zero-order valence-electron chi connectivity index (χ0n) is 23.8. The molecule has 0 saturated carbocycles. The van der Waals surface area contributed by atoms with Gasteiger partial charge in [0.15, 0.2) is 12.7 Å². The summed E-state index contributed by atoms with van der Waals surface area (Å²) >= 11 is 1.67. The molecule has 6 heteroatoms. The van der Waals surface area contributed by atoms with Crippen LogP contribution in [0.5, 0.6) is 5.75 Å². The molecule has 0 fully saturated rings. The number of amides is 2. The Hall–Kier alpha value is -2.86. The standard InChI is InChI=1S/C33H47N3O2S/c1-2-3-4-5-6-7-8-9-10-11-12-13-14-17-25-38-32-19-16-15-18-31(32)35-33(37)34-30-22-20-29(21-23-30)27-36-24-26-39-28-36/h15-16,18-24,26,28H,2-14,17,25,27H2,1H3,(H-,34,35,37)/p+1. The highest BCUT2D eigenvalue weighted by molar-refractivity contribution is 7.07. The van der Waals surface area contributed by atoms with Crippen LogP contribution in [0.15, 0.2) is 65.6 Å². The van der Waals surface area contributed by atoms with Crippen molar-refractivity contribution >= 4 is 28.7 Å². The number of rotatable bonds is 20. The van der Waals surface area contributed by atoms with E-state index in [1.807, 2.05) is 48.5 Å². The van der Waals surface area contributed by atoms with Crippen molar-refractivity contribution in [1.29, 1.82) is 0 Å². The molecule has 5 nitrogen and oxygen atoms in total. The molecule has 0 atom stereocenters. The maximum Gasteiger partial charge on any atom is 0.323 e. The third-order valence-corrected chi connectivity index (χ3v) is 7.67. The normalized spacial score (nSPS) is 10.9. The second-order valence-corrected chi connectivity index (χ2v) is 11.2. The molecule has 3 aromatic rings. The number of unbranched alkanes of at least 4 members (excludes halogenated alkanes) is 13. The van der Waals surface area contributed by atoms with E-state index in [4.69, 9.17) is 4.74 Å². The second-order valence-electron chi connectivity index (χ2n) is 10.4. The van der Waals surface area contributed by atoms with E-state index in [1.54, 1.807) is 11.3 Å². The lowest BCUT2D eigenvalue weighted by molar-refractivity contribution is -0.683. The van der Waals surface area contributed by atoms with Crippen LogP contribution in [-0.4, -0.2) is 12.6 Å². The highest BCUT2D eigenvalue weighted by Crippen LogP contribution is 2.24. The van der Waals surface area contributed by atoms with E-state index < -0.39 is 0 Å². The summed E-state index contributed by atoms with van der Waals surface area (Å²) in [5.41, 5.74) is 4.71. The van der Waals surface area contributed by atoms with Crippen LogP contribution >= 0.6 is 11.3 Å². The number of hydrogen-bond donors (Lipinski definition) is 2. The van der Waals surface area contributed by atoms with Crippen molar-refractivity contribution < 1.29 is 14.1 Å². The molecule has 0 saturated heterocycles. The van der Waals surface area contributed by atoms with Crippen LogP contribution in [0.25, 0.3) is 0 Å². The second kappa shape index (κ2) is 19.2. The monoisotopic (exact) mass is 550 g/mol. The van der Waals surface area contributed by atoms with E-state index in [1.165, 1.54) is 89.0 Å². The summed E-state index contributed by atoms with van der Waals surface area (Å²) in [6.07, 6.45) is 20.8. The highest BCUT2D eigenvalue weighted by Gasteiger charge is 2.09. The summed E-state index contributed by atoms with van der Waals surface area (Å²) < 4.78 is 8.15. The van der Waals surface area contributed by atoms with Gasteiger partial charge in [-0.3, -0.25) is 0 Å². The molecule has 0 spiro atoms. The van der Waals surface area contributed by atoms with Gasteiger partial charge in [0.1, 0.15) is 5.75 Å². The fraction of sp³-hybridized carbons (Fsp3) is 0.515. The molecule has 0 bridgehead atoms. The largest absolute Gasteiger partial charge is 0.491 e. The average Bonchev–Trinajstić information content (AvgIpc) is 3.46. The summed E-state index contributed by atoms with van der Waals surface area (Å²) in [7, 11) is 0. The first-order valence-corrected chi connectivity index (χ1v) is 16.0. The Balaban J connectivity index is 1.25. The van der Waals surface area contributed by atoms with Crippen LogP contribution in [0.1, 0.15) is 102 Å². The van der Waals surface area contributed by atoms with Crippen LogP contribution in [0, 0.1) is 0 Å². The molecule has 0 unspecified atom stereocenters. The predicted octanol–water partition coefficient (Wildman–Crippen LogP) is 9.59. The number of nitrogens with zero attached hydrogens (tertiary/aromatic N) is 1. The van der Waals surface area contributed by atoms with Gasteiger partial charge in [-0.1, -0.05) is 126 Å². The van der Waals surface area contributed by atoms with Gasteiger partial charge >= 0.3 is 6.03 Å². The van der Waals surface area contributed by atoms with E-state index in [2.05, 4.69) is 39.2 Å².